The number of hydrogen-bond acceptors (Lipinski definition) is 7. The highest BCUT2D eigenvalue weighted by Crippen LogP contribution is 2.62. The van der Waals surface area contributed by atoms with E-state index in [1.807, 2.05) is 66.1 Å². The summed E-state index contributed by atoms with van der Waals surface area (Å²) in [5.74, 6) is -3.98. The van der Waals surface area contributed by atoms with Gasteiger partial charge in [0.25, 0.3) is 0 Å². The number of rotatable bonds is 7. The third-order valence-corrected chi connectivity index (χ3v) is 12.0. The molecule has 50 heavy (non-hydrogen) atoms. The summed E-state index contributed by atoms with van der Waals surface area (Å²) >= 11 is 7.89. The first-order valence-electron chi connectivity index (χ1n) is 16.6. The van der Waals surface area contributed by atoms with Crippen LogP contribution in [0.15, 0.2) is 108 Å². The van der Waals surface area contributed by atoms with Gasteiger partial charge in [0, 0.05) is 15.8 Å². The number of amides is 4. The first kappa shape index (κ1) is 32.2. The molecular weight excluding hydrogens is 672 g/mol. The van der Waals surface area contributed by atoms with E-state index in [1.54, 1.807) is 42.5 Å². The molecule has 2 aliphatic carbocycles. The average molecular weight is 705 g/mol. The zero-order chi connectivity index (χ0) is 34.7. The standard InChI is InChI=1S/C40H33ClN2O6S/c1-49-34-19-23(13-17-33(34)44)12-16-31-28-14-15-29-35(38(47)42(36(29)45)22-27-11-6-18-50-27)30(28)21-32-37(46)43(26-10-5-9-25(41)20-26)39(48)40(31,32)24-7-3-2-4-8-24/h2-14,16-20,29-32,35,44H,15,21-22H2,1H3. The molecule has 4 aromatic rings. The van der Waals surface area contributed by atoms with E-state index >= 15 is 4.79 Å². The fraction of sp³-hybridized carbons (Fsp3) is 0.250. The quantitative estimate of drug-likeness (QED) is 0.164. The highest BCUT2D eigenvalue weighted by atomic mass is 35.5. The molecule has 8 nitrogen and oxygen atoms in total. The third kappa shape index (κ3) is 4.86. The molecule has 1 N–H and O–H groups in total. The highest BCUT2D eigenvalue weighted by Gasteiger charge is 2.69. The van der Waals surface area contributed by atoms with E-state index in [4.69, 9.17) is 16.3 Å². The van der Waals surface area contributed by atoms with E-state index in [2.05, 4.69) is 0 Å². The maximum atomic E-state index is 15.2. The molecule has 3 aromatic carbocycles. The van der Waals surface area contributed by atoms with Crippen LogP contribution in [-0.4, -0.2) is 40.7 Å². The molecule has 0 spiro atoms. The fourth-order valence-corrected chi connectivity index (χ4v) is 9.65. The predicted molar refractivity (Wildman–Crippen MR) is 190 cm³/mol. The van der Waals surface area contributed by atoms with Crippen molar-refractivity contribution in [3.8, 4) is 11.5 Å². The molecule has 252 valence electrons. The molecule has 0 bridgehead atoms. The first-order valence-corrected chi connectivity index (χ1v) is 17.8. The van der Waals surface area contributed by atoms with Crippen LogP contribution >= 0.6 is 22.9 Å². The lowest BCUT2D eigenvalue weighted by atomic mass is 9.50. The van der Waals surface area contributed by atoms with Gasteiger partial charge in [-0.3, -0.25) is 24.1 Å². The summed E-state index contributed by atoms with van der Waals surface area (Å²) in [7, 11) is 1.47. The van der Waals surface area contributed by atoms with E-state index in [0.29, 0.717) is 34.0 Å². The van der Waals surface area contributed by atoms with Gasteiger partial charge in [0.05, 0.1) is 42.5 Å². The number of fused-ring (bicyclic) bond motifs is 4. The van der Waals surface area contributed by atoms with Gasteiger partial charge in [0.15, 0.2) is 11.5 Å². The number of phenolic OH excluding ortho intramolecular Hbond substituents is 1. The van der Waals surface area contributed by atoms with Crippen LogP contribution in [-0.2, 0) is 31.1 Å². The molecule has 10 heteroatoms. The summed E-state index contributed by atoms with van der Waals surface area (Å²) in [5, 5.41) is 12.6. The van der Waals surface area contributed by atoms with Crippen molar-refractivity contribution in [2.45, 2.75) is 24.8 Å². The van der Waals surface area contributed by atoms with Crippen molar-refractivity contribution >= 4 is 58.3 Å². The molecule has 2 saturated heterocycles. The highest BCUT2D eigenvalue weighted by molar-refractivity contribution is 7.09. The molecule has 8 rings (SSSR count). The van der Waals surface area contributed by atoms with E-state index in [-0.39, 0.29) is 42.3 Å². The molecule has 3 heterocycles. The van der Waals surface area contributed by atoms with E-state index in [1.165, 1.54) is 28.2 Å². The largest absolute Gasteiger partial charge is 0.504 e. The Morgan fingerprint density at radius 2 is 1.76 bits per heavy atom. The Balaban J connectivity index is 1.30. The molecule has 1 saturated carbocycles. The van der Waals surface area contributed by atoms with Crippen LogP contribution in [0.2, 0.25) is 5.02 Å². The number of benzene rings is 3. The van der Waals surface area contributed by atoms with E-state index in [9.17, 15) is 19.5 Å². The van der Waals surface area contributed by atoms with Gasteiger partial charge < -0.3 is 9.84 Å². The second-order valence-corrected chi connectivity index (χ2v) is 14.7. The Hall–Kier alpha value is -4.99. The summed E-state index contributed by atoms with van der Waals surface area (Å²) < 4.78 is 5.36. The predicted octanol–water partition coefficient (Wildman–Crippen LogP) is 7.02. The number of methoxy groups -OCH3 is 1. The Labute approximate surface area is 298 Å². The number of imide groups is 2. The Bertz CT molecular complexity index is 2100. The SMILES string of the molecule is COc1cc(C=CC2C3=CCC4C(=O)N(Cc5cccs5)C(=O)C4C3CC3C(=O)N(c4cccc(Cl)c4)C(=O)C23c2ccccc2)ccc1O. The van der Waals surface area contributed by atoms with Crippen LogP contribution in [0.5, 0.6) is 11.5 Å². The second kappa shape index (κ2) is 12.4. The van der Waals surface area contributed by atoms with Crippen LogP contribution in [0.4, 0.5) is 5.69 Å². The number of likely N-dealkylation sites (tertiary alicyclic amines) is 1. The molecule has 6 atom stereocenters. The minimum Gasteiger partial charge on any atom is -0.504 e. The normalized spacial score (nSPS) is 27.4. The zero-order valence-electron chi connectivity index (χ0n) is 27.1. The topological polar surface area (TPSA) is 104 Å². The van der Waals surface area contributed by atoms with Gasteiger partial charge in [-0.05, 0) is 71.7 Å². The average Bonchev–Trinajstić information content (AvgIpc) is 3.79. The number of aromatic hydroxyl groups is 1. The number of nitrogens with zero attached hydrogens (tertiary/aromatic N) is 2. The summed E-state index contributed by atoms with van der Waals surface area (Å²) in [4.78, 5) is 61.7. The Morgan fingerprint density at radius 1 is 0.940 bits per heavy atom. The van der Waals surface area contributed by atoms with Gasteiger partial charge in [-0.1, -0.05) is 83.9 Å². The molecule has 6 unspecified atom stereocenters. The zero-order valence-corrected chi connectivity index (χ0v) is 28.6. The van der Waals surface area contributed by atoms with Gasteiger partial charge in [0.1, 0.15) is 0 Å². The fourth-order valence-electron chi connectivity index (χ4n) is 8.77. The van der Waals surface area contributed by atoms with E-state index in [0.717, 1.165) is 10.5 Å². The Morgan fingerprint density at radius 3 is 2.50 bits per heavy atom. The van der Waals surface area contributed by atoms with Gasteiger partial charge in [-0.25, -0.2) is 4.90 Å². The summed E-state index contributed by atoms with van der Waals surface area (Å²) in [5.41, 5.74) is 1.32. The Kier molecular flexibility index (Phi) is 8.00. The van der Waals surface area contributed by atoms with Crippen molar-refractivity contribution < 1.29 is 29.0 Å². The third-order valence-electron chi connectivity index (χ3n) is 10.9. The van der Waals surface area contributed by atoms with Crippen LogP contribution < -0.4 is 9.64 Å². The summed E-state index contributed by atoms with van der Waals surface area (Å²) in [6, 6.07) is 24.9. The van der Waals surface area contributed by atoms with Crippen molar-refractivity contribution in [2.75, 3.05) is 12.0 Å². The number of thiophene rings is 1. The van der Waals surface area contributed by atoms with Crippen molar-refractivity contribution in [3.05, 3.63) is 129 Å². The lowest BCUT2D eigenvalue weighted by Crippen LogP contribution is -2.54. The number of anilines is 1. The number of halogens is 1. The monoisotopic (exact) mass is 704 g/mol. The molecule has 2 aliphatic heterocycles. The number of allylic oxidation sites excluding steroid dienone is 3. The van der Waals surface area contributed by atoms with Crippen molar-refractivity contribution in [2.24, 2.45) is 29.6 Å². The molecule has 4 aliphatic rings. The lowest BCUT2D eigenvalue weighted by molar-refractivity contribution is -0.141. The van der Waals surface area contributed by atoms with Crippen molar-refractivity contribution in [1.82, 2.24) is 4.90 Å². The van der Waals surface area contributed by atoms with Crippen LogP contribution in [0.3, 0.4) is 0 Å². The first-order chi connectivity index (χ1) is 24.2. The number of hydrogen-bond donors (Lipinski definition) is 1. The van der Waals surface area contributed by atoms with Crippen LogP contribution in [0.25, 0.3) is 6.08 Å². The van der Waals surface area contributed by atoms with Gasteiger partial charge in [0.2, 0.25) is 23.6 Å². The van der Waals surface area contributed by atoms with Crippen molar-refractivity contribution in [1.29, 1.82) is 0 Å². The number of carbonyl (C=O) groups is 4. The minimum absolute atomic E-state index is 0.00511. The molecule has 1 aromatic heterocycles. The number of ether oxygens (including phenoxy) is 1. The molecule has 0 radical (unpaired) electrons. The summed E-state index contributed by atoms with van der Waals surface area (Å²) in [6.45, 7) is 0.216. The summed E-state index contributed by atoms with van der Waals surface area (Å²) in [6.07, 6.45) is 6.44. The maximum Gasteiger partial charge on any atom is 0.246 e. The minimum atomic E-state index is -1.35. The number of carbonyl (C=O) groups excluding carboxylic acids is 4. The molecule has 3 fully saturated rings. The molecule has 4 amide bonds. The van der Waals surface area contributed by atoms with Gasteiger partial charge in [-0.2, -0.15) is 0 Å². The van der Waals surface area contributed by atoms with Crippen LogP contribution in [0, 0.1) is 29.6 Å². The smallest absolute Gasteiger partial charge is 0.246 e. The van der Waals surface area contributed by atoms with Gasteiger partial charge in [-0.15, -0.1) is 11.3 Å². The van der Waals surface area contributed by atoms with Gasteiger partial charge >= 0.3 is 0 Å². The number of phenols is 1. The second-order valence-electron chi connectivity index (χ2n) is 13.3. The van der Waals surface area contributed by atoms with E-state index < -0.39 is 35.0 Å². The maximum absolute atomic E-state index is 15.2. The van der Waals surface area contributed by atoms with Crippen molar-refractivity contribution in [3.63, 3.8) is 0 Å². The lowest BCUT2D eigenvalue weighted by Gasteiger charge is -2.49. The molecular formula is C40H33ClN2O6S. The van der Waals surface area contributed by atoms with Crippen LogP contribution in [0.1, 0.15) is 28.8 Å².